The minimum Gasteiger partial charge on any atom is -0.310 e. The normalized spacial score (nSPS) is 20.2. The van der Waals surface area contributed by atoms with Crippen LogP contribution in [0, 0.1) is 5.82 Å². The monoisotopic (exact) mass is 328 g/mol. The largest absolute Gasteiger partial charge is 0.310 e. The van der Waals surface area contributed by atoms with Crippen LogP contribution in [-0.4, -0.2) is 24.5 Å². The zero-order valence-corrected chi connectivity index (χ0v) is 12.7. The van der Waals surface area contributed by atoms with Crippen molar-refractivity contribution >= 4 is 27.5 Å². The molecule has 0 bridgehead atoms. The van der Waals surface area contributed by atoms with Crippen LogP contribution in [0.25, 0.3) is 0 Å². The first-order chi connectivity index (χ1) is 8.99. The van der Waals surface area contributed by atoms with E-state index in [0.29, 0.717) is 12.2 Å². The number of nitrogens with zero attached hydrogens (tertiary/aromatic N) is 1. The maximum absolute atomic E-state index is 13.4. The Morgan fingerprint density at radius 2 is 2.21 bits per heavy atom. The van der Waals surface area contributed by atoms with Crippen LogP contribution in [0.15, 0.2) is 22.7 Å². The molecule has 0 aromatic heterocycles. The van der Waals surface area contributed by atoms with Crippen molar-refractivity contribution < 1.29 is 9.18 Å². The summed E-state index contributed by atoms with van der Waals surface area (Å²) >= 11 is 3.38. The van der Waals surface area contributed by atoms with Crippen LogP contribution in [0.2, 0.25) is 0 Å². The maximum atomic E-state index is 13.4. The molecule has 5 heteroatoms. The highest BCUT2D eigenvalue weighted by atomic mass is 79.9. The number of carbonyl (C=O) groups is 1. The van der Waals surface area contributed by atoms with E-state index in [0.717, 1.165) is 17.3 Å². The first kappa shape index (κ1) is 14.5. The molecule has 19 heavy (non-hydrogen) atoms. The topological polar surface area (TPSA) is 32.3 Å². The van der Waals surface area contributed by atoms with Crippen molar-refractivity contribution in [3.8, 4) is 0 Å². The van der Waals surface area contributed by atoms with Crippen LogP contribution < -0.4 is 10.2 Å². The summed E-state index contributed by atoms with van der Waals surface area (Å²) < 4.78 is 14.1. The number of hydrogen-bond acceptors (Lipinski definition) is 2. The molecular weight excluding hydrogens is 311 g/mol. The summed E-state index contributed by atoms with van der Waals surface area (Å²) in [7, 11) is 0. The summed E-state index contributed by atoms with van der Waals surface area (Å²) in [5, 5.41) is 3.27. The summed E-state index contributed by atoms with van der Waals surface area (Å²) in [5.74, 6) is -0.309. The van der Waals surface area contributed by atoms with Crippen molar-refractivity contribution in [2.45, 2.75) is 38.8 Å². The van der Waals surface area contributed by atoms with Gasteiger partial charge in [-0.3, -0.25) is 4.79 Å². The number of piperidine rings is 1. The Hall–Kier alpha value is -0.940. The van der Waals surface area contributed by atoms with E-state index in [2.05, 4.69) is 21.2 Å². The third kappa shape index (κ3) is 3.34. The molecule has 0 aliphatic carbocycles. The number of carbonyl (C=O) groups excluding carboxylic acids is 1. The van der Waals surface area contributed by atoms with Crippen LogP contribution in [0.1, 0.15) is 26.7 Å². The van der Waals surface area contributed by atoms with Gasteiger partial charge >= 0.3 is 0 Å². The molecule has 0 saturated carbocycles. The van der Waals surface area contributed by atoms with Crippen molar-refractivity contribution in [1.29, 1.82) is 0 Å². The third-order valence-corrected chi connectivity index (χ3v) is 3.84. The quantitative estimate of drug-likeness (QED) is 0.924. The number of halogens is 2. The lowest BCUT2D eigenvalue weighted by molar-refractivity contribution is -0.121. The highest BCUT2D eigenvalue weighted by Crippen LogP contribution is 2.30. The second kappa shape index (κ2) is 6.01. The molecule has 0 spiro atoms. The number of anilines is 1. The molecule has 1 heterocycles. The average Bonchev–Trinajstić information content (AvgIpc) is 2.35. The van der Waals surface area contributed by atoms with Crippen molar-refractivity contribution in [3.05, 3.63) is 28.5 Å². The van der Waals surface area contributed by atoms with E-state index in [9.17, 15) is 9.18 Å². The van der Waals surface area contributed by atoms with Gasteiger partial charge in [-0.05, 0) is 47.0 Å². The van der Waals surface area contributed by atoms with Crippen molar-refractivity contribution in [3.63, 3.8) is 0 Å². The Morgan fingerprint density at radius 3 is 2.89 bits per heavy atom. The SMILES string of the molecule is CC(C)NC1CCCN(c2cc(F)ccc2Br)C1=O. The van der Waals surface area contributed by atoms with Crippen LogP contribution in [-0.2, 0) is 4.79 Å². The van der Waals surface area contributed by atoms with Gasteiger partial charge in [0.15, 0.2) is 0 Å². The Balaban J connectivity index is 2.24. The fourth-order valence-corrected chi connectivity index (χ4v) is 2.82. The van der Waals surface area contributed by atoms with Crippen molar-refractivity contribution in [2.75, 3.05) is 11.4 Å². The third-order valence-electron chi connectivity index (χ3n) is 3.17. The molecule has 1 aromatic carbocycles. The minimum atomic E-state index is -0.329. The first-order valence-electron chi connectivity index (χ1n) is 6.51. The Bertz CT molecular complexity index is 479. The smallest absolute Gasteiger partial charge is 0.244 e. The molecule has 1 fully saturated rings. The van der Waals surface area contributed by atoms with Gasteiger partial charge in [0.2, 0.25) is 5.91 Å². The van der Waals surface area contributed by atoms with E-state index in [1.807, 2.05) is 13.8 Å². The van der Waals surface area contributed by atoms with E-state index < -0.39 is 0 Å². The molecule has 1 unspecified atom stereocenters. The molecule has 104 valence electrons. The summed E-state index contributed by atoms with van der Waals surface area (Å²) in [5.41, 5.74) is 0.611. The molecule has 1 saturated heterocycles. The summed E-state index contributed by atoms with van der Waals surface area (Å²) in [6.07, 6.45) is 1.75. The second-order valence-corrected chi connectivity index (χ2v) is 5.96. The van der Waals surface area contributed by atoms with Gasteiger partial charge in [0.1, 0.15) is 5.82 Å². The van der Waals surface area contributed by atoms with Gasteiger partial charge in [-0.15, -0.1) is 0 Å². The van der Waals surface area contributed by atoms with Gasteiger partial charge in [-0.2, -0.15) is 0 Å². The summed E-state index contributed by atoms with van der Waals surface area (Å²) in [6, 6.07) is 4.50. The zero-order chi connectivity index (χ0) is 14.0. The van der Waals surface area contributed by atoms with Gasteiger partial charge in [0, 0.05) is 17.1 Å². The fraction of sp³-hybridized carbons (Fsp3) is 0.500. The van der Waals surface area contributed by atoms with E-state index in [-0.39, 0.29) is 23.8 Å². The molecule has 2 rings (SSSR count). The lowest BCUT2D eigenvalue weighted by Gasteiger charge is -2.34. The van der Waals surface area contributed by atoms with Crippen molar-refractivity contribution in [2.24, 2.45) is 0 Å². The average molecular weight is 329 g/mol. The van der Waals surface area contributed by atoms with E-state index in [1.165, 1.54) is 12.1 Å². The minimum absolute atomic E-state index is 0.0197. The number of hydrogen-bond donors (Lipinski definition) is 1. The number of nitrogens with one attached hydrogen (secondary N) is 1. The standard InChI is InChI=1S/C14H18BrFN2O/c1-9(2)17-12-4-3-7-18(14(12)19)13-8-10(16)5-6-11(13)15/h5-6,8-9,12,17H,3-4,7H2,1-2H3. The zero-order valence-electron chi connectivity index (χ0n) is 11.1. The van der Waals surface area contributed by atoms with Gasteiger partial charge < -0.3 is 10.2 Å². The predicted octanol–water partition coefficient (Wildman–Crippen LogP) is 3.08. The number of rotatable bonds is 3. The first-order valence-corrected chi connectivity index (χ1v) is 7.31. The van der Waals surface area contributed by atoms with E-state index >= 15 is 0 Å². The molecule has 0 radical (unpaired) electrons. The Kier molecular flexibility index (Phi) is 4.58. The molecule has 1 N–H and O–H groups in total. The number of amides is 1. The van der Waals surface area contributed by atoms with E-state index in [1.54, 1.807) is 11.0 Å². The Labute approximate surface area is 121 Å². The van der Waals surface area contributed by atoms with Gasteiger partial charge in [-0.1, -0.05) is 13.8 Å². The summed E-state index contributed by atoms with van der Waals surface area (Å²) in [4.78, 5) is 14.1. The molecular formula is C14H18BrFN2O. The van der Waals surface area contributed by atoms with Crippen LogP contribution in [0.3, 0.4) is 0 Å². The molecule has 1 aromatic rings. The number of benzene rings is 1. The van der Waals surface area contributed by atoms with Gasteiger partial charge in [0.05, 0.1) is 11.7 Å². The molecule has 1 amide bonds. The summed E-state index contributed by atoms with van der Waals surface area (Å²) in [6.45, 7) is 4.67. The Morgan fingerprint density at radius 1 is 1.47 bits per heavy atom. The second-order valence-electron chi connectivity index (χ2n) is 5.10. The van der Waals surface area contributed by atoms with Crippen molar-refractivity contribution in [1.82, 2.24) is 5.32 Å². The lowest BCUT2D eigenvalue weighted by atomic mass is 10.0. The molecule has 1 aliphatic heterocycles. The van der Waals surface area contributed by atoms with Gasteiger partial charge in [0.25, 0.3) is 0 Å². The van der Waals surface area contributed by atoms with Crippen LogP contribution in [0.5, 0.6) is 0 Å². The van der Waals surface area contributed by atoms with Gasteiger partial charge in [-0.25, -0.2) is 4.39 Å². The highest BCUT2D eigenvalue weighted by Gasteiger charge is 2.30. The molecule has 1 aliphatic rings. The molecule has 3 nitrogen and oxygen atoms in total. The molecule has 1 atom stereocenters. The van der Waals surface area contributed by atoms with Crippen LogP contribution >= 0.6 is 15.9 Å². The lowest BCUT2D eigenvalue weighted by Crippen LogP contribution is -2.52. The highest BCUT2D eigenvalue weighted by molar-refractivity contribution is 9.10. The van der Waals surface area contributed by atoms with Crippen LogP contribution in [0.4, 0.5) is 10.1 Å². The maximum Gasteiger partial charge on any atom is 0.244 e. The predicted molar refractivity (Wildman–Crippen MR) is 77.7 cm³/mol. The fourth-order valence-electron chi connectivity index (χ4n) is 2.36. The van der Waals surface area contributed by atoms with E-state index in [4.69, 9.17) is 0 Å².